The van der Waals surface area contributed by atoms with Crippen LogP contribution < -0.4 is 26.0 Å². The van der Waals surface area contributed by atoms with Crippen LogP contribution in [0, 0.1) is 5.41 Å². The molecule has 0 aromatic heterocycles. The summed E-state index contributed by atoms with van der Waals surface area (Å²) in [6, 6.07) is 19.7. The minimum Gasteiger partial charge on any atom is -0.461 e. The molecule has 0 bridgehead atoms. The van der Waals surface area contributed by atoms with E-state index in [1.54, 1.807) is 48.5 Å². The number of nitrogens with two attached hydrogens (primary N) is 1. The van der Waals surface area contributed by atoms with E-state index in [0.29, 0.717) is 35.7 Å². The third kappa shape index (κ3) is 6.78. The maximum absolute atomic E-state index is 13.9. The van der Waals surface area contributed by atoms with Crippen molar-refractivity contribution in [2.75, 3.05) is 55.1 Å². The molecule has 0 spiro atoms. The van der Waals surface area contributed by atoms with Crippen molar-refractivity contribution < 1.29 is 39.4 Å². The molecule has 234 valence electrons. The van der Waals surface area contributed by atoms with Crippen LogP contribution in [0.15, 0.2) is 72.8 Å². The Kier molecular flexibility index (Phi) is 9.64. The average Bonchev–Trinajstić information content (AvgIpc) is 3.05. The number of amides is 1. The van der Waals surface area contributed by atoms with Crippen molar-refractivity contribution in [2.24, 2.45) is 5.73 Å². The lowest BCUT2D eigenvalue weighted by Gasteiger charge is -2.43. The van der Waals surface area contributed by atoms with Gasteiger partial charge in [-0.3, -0.25) is 10.2 Å². The highest BCUT2D eigenvalue weighted by Gasteiger charge is 2.53. The predicted octanol–water partition coefficient (Wildman–Crippen LogP) is 0.779. The largest absolute Gasteiger partial charge is 0.461 e. The van der Waals surface area contributed by atoms with Crippen molar-refractivity contribution >= 4 is 28.8 Å². The Morgan fingerprint density at radius 3 is 2.50 bits per heavy atom. The molecule has 44 heavy (non-hydrogen) atoms. The van der Waals surface area contributed by atoms with Crippen LogP contribution in [0.2, 0.25) is 0 Å². The maximum Gasteiger partial charge on any atom is 0.251 e. The molecule has 2 fully saturated rings. The van der Waals surface area contributed by atoms with Crippen LogP contribution in [0.25, 0.3) is 0 Å². The normalized spacial score (nSPS) is 24.3. The number of morpholine rings is 1. The number of rotatable bonds is 10. The van der Waals surface area contributed by atoms with Crippen molar-refractivity contribution in [3.8, 4) is 5.75 Å². The van der Waals surface area contributed by atoms with Gasteiger partial charge in [0.15, 0.2) is 5.60 Å². The first-order chi connectivity index (χ1) is 21.2. The van der Waals surface area contributed by atoms with Gasteiger partial charge in [-0.25, -0.2) is 0 Å². The fraction of sp³-hybridized carbons (Fsp3) is 0.355. The van der Waals surface area contributed by atoms with Gasteiger partial charge in [0.25, 0.3) is 5.91 Å². The number of ether oxygens (including phenoxy) is 3. The van der Waals surface area contributed by atoms with Gasteiger partial charge in [-0.1, -0.05) is 30.3 Å². The van der Waals surface area contributed by atoms with Crippen LogP contribution in [0.4, 0.5) is 17.1 Å². The molecular formula is C31H37N5O8. The second kappa shape index (κ2) is 13.6. The lowest BCUT2D eigenvalue weighted by Crippen LogP contribution is -2.66. The molecule has 5 atom stereocenters. The minimum atomic E-state index is -2.34. The molecule has 9 N–H and O–H groups in total. The first-order valence-electron chi connectivity index (χ1n) is 14.2. The fourth-order valence-corrected chi connectivity index (χ4v) is 5.16. The van der Waals surface area contributed by atoms with Gasteiger partial charge >= 0.3 is 0 Å². The topological polar surface area (TPSA) is 203 Å². The number of amidine groups is 1. The number of nitrogen functional groups attached to an aromatic ring is 1. The zero-order valence-electron chi connectivity index (χ0n) is 23.9. The summed E-state index contributed by atoms with van der Waals surface area (Å²) in [7, 11) is 0. The van der Waals surface area contributed by atoms with Gasteiger partial charge in [-0.05, 0) is 42.5 Å². The summed E-state index contributed by atoms with van der Waals surface area (Å²) in [6.07, 6.45) is -4.75. The molecule has 2 aliphatic rings. The number of carbonyl (C=O) groups excluding carboxylic acids is 1. The van der Waals surface area contributed by atoms with Gasteiger partial charge in [-0.15, -0.1) is 0 Å². The van der Waals surface area contributed by atoms with Crippen molar-refractivity contribution in [3.63, 3.8) is 0 Å². The highest BCUT2D eigenvalue weighted by Crippen LogP contribution is 2.34. The summed E-state index contributed by atoms with van der Waals surface area (Å²) >= 11 is 0. The van der Waals surface area contributed by atoms with E-state index in [1.807, 2.05) is 24.3 Å². The number of aliphatic hydroxyl groups is 4. The van der Waals surface area contributed by atoms with E-state index in [1.165, 1.54) is 0 Å². The Morgan fingerprint density at radius 1 is 1.07 bits per heavy atom. The second-order valence-electron chi connectivity index (χ2n) is 10.7. The zero-order chi connectivity index (χ0) is 31.3. The molecule has 13 heteroatoms. The van der Waals surface area contributed by atoms with E-state index in [2.05, 4.69) is 15.5 Å². The molecule has 2 heterocycles. The lowest BCUT2D eigenvalue weighted by molar-refractivity contribution is -0.301. The maximum atomic E-state index is 13.9. The Hall–Kier alpha value is -4.24. The van der Waals surface area contributed by atoms with E-state index in [9.17, 15) is 25.2 Å². The van der Waals surface area contributed by atoms with Crippen molar-refractivity contribution in [1.29, 1.82) is 5.41 Å². The second-order valence-corrected chi connectivity index (χ2v) is 10.7. The van der Waals surface area contributed by atoms with Gasteiger partial charge in [0.1, 0.15) is 29.8 Å². The van der Waals surface area contributed by atoms with E-state index in [0.717, 1.165) is 18.8 Å². The smallest absolute Gasteiger partial charge is 0.251 e. The number of carbonyl (C=O) groups is 1. The van der Waals surface area contributed by atoms with Crippen molar-refractivity contribution in [1.82, 2.24) is 0 Å². The van der Waals surface area contributed by atoms with Gasteiger partial charge in [0, 0.05) is 41.3 Å². The minimum absolute atomic E-state index is 0.117. The van der Waals surface area contributed by atoms with Crippen LogP contribution in [0.1, 0.15) is 17.2 Å². The Bertz CT molecular complexity index is 1450. The Balaban J connectivity index is 1.44. The standard InChI is InChI=1S/C31H37N5O8/c32-28(33)19-4-3-5-21(16-19)34-26(29(40)35-20-8-10-22(11-9-20)36-12-14-42-15-13-36)23-6-1-2-7-25(23)44-30-31(41,18-37)27(39)24(38)17-43-30/h1-11,16,24,26-27,30,34,37-39,41H,12-15,17-18H2,(H3,32,33)(H,35,40). The van der Waals surface area contributed by atoms with Gasteiger partial charge < -0.3 is 55.9 Å². The number of hydrogen-bond donors (Lipinski definition) is 8. The summed E-state index contributed by atoms with van der Waals surface area (Å²) < 4.78 is 16.9. The van der Waals surface area contributed by atoms with Crippen LogP contribution in [-0.4, -0.2) is 95.8 Å². The van der Waals surface area contributed by atoms with Crippen LogP contribution in [0.5, 0.6) is 5.75 Å². The van der Waals surface area contributed by atoms with Crippen LogP contribution in [-0.2, 0) is 14.3 Å². The summed E-state index contributed by atoms with van der Waals surface area (Å²) in [5.74, 6) is -0.478. The number of aliphatic hydroxyl groups excluding tert-OH is 3. The molecule has 5 rings (SSSR count). The number of anilines is 3. The number of nitrogens with zero attached hydrogens (tertiary/aromatic N) is 1. The molecular weight excluding hydrogens is 570 g/mol. The molecule has 13 nitrogen and oxygen atoms in total. The Labute approximate surface area is 254 Å². The molecule has 0 saturated carbocycles. The summed E-state index contributed by atoms with van der Waals surface area (Å²) in [6.45, 7) is 1.55. The average molecular weight is 608 g/mol. The fourth-order valence-electron chi connectivity index (χ4n) is 5.16. The lowest BCUT2D eigenvalue weighted by atomic mass is 9.90. The molecule has 1 amide bonds. The van der Waals surface area contributed by atoms with Crippen molar-refractivity contribution in [3.05, 3.63) is 83.9 Å². The van der Waals surface area contributed by atoms with E-state index < -0.39 is 42.7 Å². The SMILES string of the molecule is N=C(N)c1cccc(NC(C(=O)Nc2ccc(N3CCOCC3)cc2)c2ccccc2OC2OCC(O)C(O)C2(O)CO)c1. The highest BCUT2D eigenvalue weighted by molar-refractivity contribution is 5.99. The first-order valence-corrected chi connectivity index (χ1v) is 14.2. The van der Waals surface area contributed by atoms with Gasteiger partial charge in [0.2, 0.25) is 6.29 Å². The van der Waals surface area contributed by atoms with E-state index in [4.69, 9.17) is 25.4 Å². The number of nitrogens with one attached hydrogen (secondary N) is 3. The van der Waals surface area contributed by atoms with Gasteiger partial charge in [0.05, 0.1) is 26.4 Å². The number of para-hydroxylation sites is 1. The van der Waals surface area contributed by atoms with E-state index in [-0.39, 0.29) is 18.2 Å². The molecule has 3 aromatic carbocycles. The molecule has 0 radical (unpaired) electrons. The van der Waals surface area contributed by atoms with E-state index >= 15 is 0 Å². The summed E-state index contributed by atoms with van der Waals surface area (Å²) in [4.78, 5) is 16.1. The third-order valence-electron chi connectivity index (χ3n) is 7.68. The Morgan fingerprint density at radius 2 is 1.80 bits per heavy atom. The molecule has 5 unspecified atom stereocenters. The molecule has 0 aliphatic carbocycles. The summed E-state index contributed by atoms with van der Waals surface area (Å²) in [5, 5.41) is 55.2. The van der Waals surface area contributed by atoms with Crippen LogP contribution >= 0.6 is 0 Å². The number of hydrogen-bond acceptors (Lipinski definition) is 11. The van der Waals surface area contributed by atoms with Gasteiger partial charge in [-0.2, -0.15) is 0 Å². The number of benzene rings is 3. The monoisotopic (exact) mass is 607 g/mol. The molecule has 3 aromatic rings. The first kappa shape index (κ1) is 31.2. The van der Waals surface area contributed by atoms with Crippen LogP contribution in [0.3, 0.4) is 0 Å². The quantitative estimate of drug-likeness (QED) is 0.120. The molecule has 2 aliphatic heterocycles. The zero-order valence-corrected chi connectivity index (χ0v) is 23.9. The summed E-state index contributed by atoms with van der Waals surface area (Å²) in [5.41, 5.74) is 6.20. The third-order valence-corrected chi connectivity index (χ3v) is 7.68. The highest BCUT2D eigenvalue weighted by atomic mass is 16.7. The molecule has 2 saturated heterocycles. The van der Waals surface area contributed by atoms with Crippen molar-refractivity contribution in [2.45, 2.75) is 30.1 Å². The predicted molar refractivity (Wildman–Crippen MR) is 163 cm³/mol.